The number of benzene rings is 2. The zero-order chi connectivity index (χ0) is 17.5. The average Bonchev–Trinajstić information content (AvgIpc) is 2.60. The standard InChI is InChI=1S/C19H22N2O3/c1-14(18(22)20-13-15-7-5-4-6-8-15)24-19(23)16-9-11-17(12-10-16)21(2)3/h4-12,14H,13H2,1-3H3,(H,20,22)/t14-/m0/s1. The van der Waals surface area contributed by atoms with Gasteiger partial charge in [-0.2, -0.15) is 0 Å². The molecule has 2 aromatic carbocycles. The minimum Gasteiger partial charge on any atom is -0.449 e. The van der Waals surface area contributed by atoms with Crippen LogP contribution in [0.3, 0.4) is 0 Å². The second-order valence-electron chi connectivity index (χ2n) is 5.69. The number of nitrogens with one attached hydrogen (secondary N) is 1. The van der Waals surface area contributed by atoms with E-state index in [0.29, 0.717) is 12.1 Å². The van der Waals surface area contributed by atoms with E-state index in [2.05, 4.69) is 5.32 Å². The summed E-state index contributed by atoms with van der Waals surface area (Å²) >= 11 is 0. The van der Waals surface area contributed by atoms with Crippen molar-refractivity contribution in [2.45, 2.75) is 19.6 Å². The van der Waals surface area contributed by atoms with Crippen LogP contribution in [-0.4, -0.2) is 32.1 Å². The van der Waals surface area contributed by atoms with E-state index in [4.69, 9.17) is 4.74 Å². The normalized spacial score (nSPS) is 11.5. The van der Waals surface area contributed by atoms with Crippen LogP contribution in [0, 0.1) is 0 Å². The molecule has 1 atom stereocenters. The molecule has 0 aliphatic heterocycles. The molecule has 24 heavy (non-hydrogen) atoms. The fourth-order valence-corrected chi connectivity index (χ4v) is 2.11. The summed E-state index contributed by atoms with van der Waals surface area (Å²) in [7, 11) is 3.85. The minimum absolute atomic E-state index is 0.322. The van der Waals surface area contributed by atoms with Crippen LogP contribution in [0.1, 0.15) is 22.8 Å². The van der Waals surface area contributed by atoms with Crippen molar-refractivity contribution >= 4 is 17.6 Å². The van der Waals surface area contributed by atoms with E-state index in [-0.39, 0.29) is 5.91 Å². The molecule has 0 heterocycles. The van der Waals surface area contributed by atoms with Gasteiger partial charge in [0.2, 0.25) is 0 Å². The second-order valence-corrected chi connectivity index (χ2v) is 5.69. The summed E-state index contributed by atoms with van der Waals surface area (Å²) in [5, 5.41) is 2.76. The summed E-state index contributed by atoms with van der Waals surface area (Å²) < 4.78 is 5.22. The van der Waals surface area contributed by atoms with Gasteiger partial charge in [-0.25, -0.2) is 4.79 Å². The third-order valence-corrected chi connectivity index (χ3v) is 3.58. The number of amides is 1. The van der Waals surface area contributed by atoms with Crippen molar-refractivity contribution in [1.29, 1.82) is 0 Å². The summed E-state index contributed by atoms with van der Waals surface area (Å²) in [5.41, 5.74) is 2.40. The Kier molecular flexibility index (Phi) is 5.95. The highest BCUT2D eigenvalue weighted by Gasteiger charge is 2.18. The predicted molar refractivity (Wildman–Crippen MR) is 93.9 cm³/mol. The molecular formula is C19H22N2O3. The Morgan fingerprint density at radius 3 is 2.25 bits per heavy atom. The van der Waals surface area contributed by atoms with Crippen LogP contribution in [0.15, 0.2) is 54.6 Å². The van der Waals surface area contributed by atoms with E-state index < -0.39 is 12.1 Å². The third kappa shape index (κ3) is 4.84. The lowest BCUT2D eigenvalue weighted by Gasteiger charge is -2.15. The molecule has 0 bridgehead atoms. The summed E-state index contributed by atoms with van der Waals surface area (Å²) in [6.07, 6.45) is -0.852. The Balaban J connectivity index is 1.87. The van der Waals surface area contributed by atoms with Crippen LogP contribution in [0.2, 0.25) is 0 Å². The lowest BCUT2D eigenvalue weighted by atomic mass is 10.2. The van der Waals surface area contributed by atoms with Crippen LogP contribution >= 0.6 is 0 Å². The van der Waals surface area contributed by atoms with E-state index >= 15 is 0 Å². The van der Waals surface area contributed by atoms with E-state index in [1.54, 1.807) is 19.1 Å². The average molecular weight is 326 g/mol. The van der Waals surface area contributed by atoms with E-state index in [0.717, 1.165) is 11.3 Å². The molecule has 1 N–H and O–H groups in total. The molecular weight excluding hydrogens is 304 g/mol. The molecule has 0 aromatic heterocycles. The first-order valence-corrected chi connectivity index (χ1v) is 7.77. The number of hydrogen-bond donors (Lipinski definition) is 1. The topological polar surface area (TPSA) is 58.6 Å². The number of nitrogens with zero attached hydrogens (tertiary/aromatic N) is 1. The van der Waals surface area contributed by atoms with Gasteiger partial charge in [0, 0.05) is 26.3 Å². The maximum atomic E-state index is 12.1. The van der Waals surface area contributed by atoms with Gasteiger partial charge in [-0.05, 0) is 36.8 Å². The first-order valence-electron chi connectivity index (χ1n) is 7.77. The molecule has 2 aromatic rings. The molecule has 0 aliphatic rings. The van der Waals surface area contributed by atoms with Gasteiger partial charge in [-0.3, -0.25) is 4.79 Å². The number of carbonyl (C=O) groups is 2. The van der Waals surface area contributed by atoms with Crippen LogP contribution < -0.4 is 10.2 Å². The summed E-state index contributed by atoms with van der Waals surface area (Å²) in [5.74, 6) is -0.834. The summed E-state index contributed by atoms with van der Waals surface area (Å²) in [6.45, 7) is 1.96. The molecule has 0 saturated carbocycles. The van der Waals surface area contributed by atoms with Crippen molar-refractivity contribution in [3.8, 4) is 0 Å². The Bertz CT molecular complexity index is 682. The van der Waals surface area contributed by atoms with E-state index in [9.17, 15) is 9.59 Å². The lowest BCUT2D eigenvalue weighted by molar-refractivity contribution is -0.129. The van der Waals surface area contributed by atoms with Gasteiger partial charge in [0.15, 0.2) is 6.10 Å². The Hall–Kier alpha value is -2.82. The number of hydrogen-bond acceptors (Lipinski definition) is 4. The van der Waals surface area contributed by atoms with Crippen LogP contribution in [0.4, 0.5) is 5.69 Å². The minimum atomic E-state index is -0.852. The van der Waals surface area contributed by atoms with Gasteiger partial charge in [-0.1, -0.05) is 30.3 Å². The first-order chi connectivity index (χ1) is 11.5. The van der Waals surface area contributed by atoms with Gasteiger partial charge in [0.25, 0.3) is 5.91 Å². The molecule has 0 radical (unpaired) electrons. The monoisotopic (exact) mass is 326 g/mol. The van der Waals surface area contributed by atoms with E-state index in [1.807, 2.05) is 61.5 Å². The number of anilines is 1. The maximum Gasteiger partial charge on any atom is 0.338 e. The zero-order valence-corrected chi connectivity index (χ0v) is 14.2. The van der Waals surface area contributed by atoms with Gasteiger partial charge in [0.05, 0.1) is 5.56 Å². The van der Waals surface area contributed by atoms with Crippen molar-refractivity contribution in [2.75, 3.05) is 19.0 Å². The molecule has 5 nitrogen and oxygen atoms in total. The van der Waals surface area contributed by atoms with Gasteiger partial charge < -0.3 is 15.0 Å². The molecule has 0 aliphatic carbocycles. The second kappa shape index (κ2) is 8.15. The maximum absolute atomic E-state index is 12.1. The first kappa shape index (κ1) is 17.5. The zero-order valence-electron chi connectivity index (χ0n) is 14.2. The Morgan fingerprint density at radius 1 is 1.04 bits per heavy atom. The third-order valence-electron chi connectivity index (χ3n) is 3.58. The Labute approximate surface area is 142 Å². The summed E-state index contributed by atoms with van der Waals surface area (Å²) in [6, 6.07) is 16.6. The molecule has 0 fully saturated rings. The smallest absolute Gasteiger partial charge is 0.338 e. The number of rotatable bonds is 6. The SMILES string of the molecule is C[C@H](OC(=O)c1ccc(N(C)C)cc1)C(=O)NCc1ccccc1. The Morgan fingerprint density at radius 2 is 1.67 bits per heavy atom. The highest BCUT2D eigenvalue weighted by molar-refractivity contribution is 5.92. The summed E-state index contributed by atoms with van der Waals surface area (Å²) in [4.78, 5) is 26.1. The van der Waals surface area contributed by atoms with Crippen molar-refractivity contribution in [3.05, 3.63) is 65.7 Å². The number of ether oxygens (including phenoxy) is 1. The largest absolute Gasteiger partial charge is 0.449 e. The van der Waals surface area contributed by atoms with Crippen LogP contribution in [0.5, 0.6) is 0 Å². The molecule has 1 amide bonds. The van der Waals surface area contributed by atoms with E-state index in [1.165, 1.54) is 0 Å². The van der Waals surface area contributed by atoms with Crippen molar-refractivity contribution in [2.24, 2.45) is 0 Å². The van der Waals surface area contributed by atoms with Crippen molar-refractivity contribution in [1.82, 2.24) is 5.32 Å². The van der Waals surface area contributed by atoms with Crippen molar-refractivity contribution < 1.29 is 14.3 Å². The highest BCUT2D eigenvalue weighted by atomic mass is 16.5. The predicted octanol–water partition coefficient (Wildman–Crippen LogP) is 2.61. The quantitative estimate of drug-likeness (QED) is 0.829. The number of carbonyl (C=O) groups excluding carboxylic acids is 2. The fraction of sp³-hybridized carbons (Fsp3) is 0.263. The van der Waals surface area contributed by atoms with Crippen LogP contribution in [0.25, 0.3) is 0 Å². The molecule has 126 valence electrons. The molecule has 2 rings (SSSR count). The molecule has 0 spiro atoms. The van der Waals surface area contributed by atoms with Gasteiger partial charge >= 0.3 is 5.97 Å². The van der Waals surface area contributed by atoms with Crippen LogP contribution in [-0.2, 0) is 16.1 Å². The number of esters is 1. The van der Waals surface area contributed by atoms with Gasteiger partial charge in [0.1, 0.15) is 0 Å². The fourth-order valence-electron chi connectivity index (χ4n) is 2.11. The molecule has 5 heteroatoms. The molecule has 0 unspecified atom stereocenters. The molecule has 0 saturated heterocycles. The highest BCUT2D eigenvalue weighted by Crippen LogP contribution is 2.13. The van der Waals surface area contributed by atoms with Crippen molar-refractivity contribution in [3.63, 3.8) is 0 Å². The van der Waals surface area contributed by atoms with Gasteiger partial charge in [-0.15, -0.1) is 0 Å². The lowest BCUT2D eigenvalue weighted by Crippen LogP contribution is -2.35.